The Kier molecular flexibility index (Phi) is 13.6. The highest BCUT2D eigenvalue weighted by Crippen LogP contribution is 2.08. The summed E-state index contributed by atoms with van der Waals surface area (Å²) >= 11 is 0. The molecule has 0 fully saturated rings. The lowest BCUT2D eigenvalue weighted by atomic mass is 10.0. The minimum absolute atomic E-state index is 0.0797. The molecule has 0 saturated carbocycles. The second-order valence-corrected chi connectivity index (χ2v) is 8.29. The highest BCUT2D eigenvalue weighted by molar-refractivity contribution is 5.95. The van der Waals surface area contributed by atoms with Gasteiger partial charge < -0.3 is 42.7 Å². The third kappa shape index (κ3) is 13.5. The van der Waals surface area contributed by atoms with Crippen LogP contribution in [0.25, 0.3) is 0 Å². The van der Waals surface area contributed by atoms with Crippen molar-refractivity contribution in [3.63, 3.8) is 0 Å². The van der Waals surface area contributed by atoms with E-state index in [4.69, 9.17) is 21.7 Å². The molecule has 10 N–H and O–H groups in total. The molecule has 0 heterocycles. The summed E-state index contributed by atoms with van der Waals surface area (Å²) in [5, 5.41) is 33.7. The van der Waals surface area contributed by atoms with Gasteiger partial charge in [-0.3, -0.25) is 28.8 Å². The minimum Gasteiger partial charge on any atom is -0.481 e. The second kappa shape index (κ2) is 15.2. The maximum atomic E-state index is 12.8. The van der Waals surface area contributed by atoms with Gasteiger partial charge in [0.25, 0.3) is 0 Å². The molecule has 0 radical (unpaired) electrons. The number of carboxylic acids is 3. The van der Waals surface area contributed by atoms with Crippen LogP contribution in [-0.4, -0.2) is 81.0 Å². The van der Waals surface area contributed by atoms with Crippen molar-refractivity contribution in [1.29, 1.82) is 0 Å². The number of carbonyl (C=O) groups excluding carboxylic acids is 4. The van der Waals surface area contributed by atoms with Crippen LogP contribution >= 0.6 is 0 Å². The molecule has 4 unspecified atom stereocenters. The Labute approximate surface area is 201 Å². The Morgan fingerprint density at radius 2 is 1.17 bits per heavy atom. The van der Waals surface area contributed by atoms with Gasteiger partial charge in [-0.2, -0.15) is 0 Å². The van der Waals surface area contributed by atoms with Crippen LogP contribution in [0.15, 0.2) is 0 Å². The summed E-state index contributed by atoms with van der Waals surface area (Å²) in [6.07, 6.45) is -2.33. The zero-order valence-corrected chi connectivity index (χ0v) is 19.5. The summed E-state index contributed by atoms with van der Waals surface area (Å²) < 4.78 is 0. The van der Waals surface area contributed by atoms with Crippen molar-refractivity contribution >= 4 is 41.5 Å². The van der Waals surface area contributed by atoms with Crippen molar-refractivity contribution in [2.75, 3.05) is 0 Å². The first-order valence-electron chi connectivity index (χ1n) is 10.7. The van der Waals surface area contributed by atoms with Gasteiger partial charge in [-0.15, -0.1) is 0 Å². The minimum atomic E-state index is -1.53. The van der Waals surface area contributed by atoms with Crippen LogP contribution in [0, 0.1) is 5.92 Å². The van der Waals surface area contributed by atoms with Crippen molar-refractivity contribution in [2.24, 2.45) is 17.4 Å². The molecule has 0 saturated heterocycles. The summed E-state index contributed by atoms with van der Waals surface area (Å²) in [6.45, 7) is 3.47. The molecule has 35 heavy (non-hydrogen) atoms. The highest BCUT2D eigenvalue weighted by atomic mass is 16.4. The summed E-state index contributed by atoms with van der Waals surface area (Å²) in [6, 6.07) is -5.78. The molecule has 4 amide bonds. The molecule has 4 atom stereocenters. The maximum Gasteiger partial charge on any atom is 0.326 e. The van der Waals surface area contributed by atoms with Gasteiger partial charge in [0, 0.05) is 12.8 Å². The molecule has 0 aromatic rings. The lowest BCUT2D eigenvalue weighted by molar-refractivity contribution is -0.143. The van der Waals surface area contributed by atoms with Gasteiger partial charge in [0.1, 0.15) is 18.1 Å². The van der Waals surface area contributed by atoms with E-state index in [-0.39, 0.29) is 25.2 Å². The van der Waals surface area contributed by atoms with Crippen LogP contribution in [0.5, 0.6) is 0 Å². The van der Waals surface area contributed by atoms with Crippen molar-refractivity contribution in [1.82, 2.24) is 16.0 Å². The van der Waals surface area contributed by atoms with Crippen molar-refractivity contribution in [3.05, 3.63) is 0 Å². The van der Waals surface area contributed by atoms with Gasteiger partial charge in [0.2, 0.25) is 23.6 Å². The van der Waals surface area contributed by atoms with E-state index >= 15 is 0 Å². The van der Waals surface area contributed by atoms with Crippen LogP contribution in [0.1, 0.15) is 52.4 Å². The smallest absolute Gasteiger partial charge is 0.326 e. The van der Waals surface area contributed by atoms with E-state index in [1.807, 2.05) is 0 Å². The normalized spacial score (nSPS) is 14.2. The number of carbonyl (C=O) groups is 7. The number of nitrogens with one attached hydrogen (secondary N) is 3. The third-order valence-electron chi connectivity index (χ3n) is 4.65. The van der Waals surface area contributed by atoms with E-state index in [1.165, 1.54) is 0 Å². The second-order valence-electron chi connectivity index (χ2n) is 8.29. The van der Waals surface area contributed by atoms with Crippen LogP contribution in [0.4, 0.5) is 0 Å². The number of hydrogen-bond acceptors (Lipinski definition) is 8. The molecular weight excluding hydrogens is 470 g/mol. The van der Waals surface area contributed by atoms with Crippen LogP contribution in [0.3, 0.4) is 0 Å². The molecular formula is C20H33N5O10. The predicted molar refractivity (Wildman–Crippen MR) is 118 cm³/mol. The summed E-state index contributed by atoms with van der Waals surface area (Å²) in [5.41, 5.74) is 10.6. The first-order valence-corrected chi connectivity index (χ1v) is 10.7. The third-order valence-corrected chi connectivity index (χ3v) is 4.65. The maximum absolute atomic E-state index is 12.8. The molecule has 0 aromatic carbocycles. The first-order chi connectivity index (χ1) is 16.1. The molecule has 0 aliphatic heterocycles. The van der Waals surface area contributed by atoms with E-state index in [0.29, 0.717) is 0 Å². The SMILES string of the molecule is CC(C)CC(NC(=O)C(CCC(N)=O)NC(=O)C(CCC(=O)O)NC(=O)C(N)CC(=O)O)C(=O)O. The van der Waals surface area contributed by atoms with Crippen molar-refractivity contribution in [2.45, 2.75) is 76.5 Å². The molecule has 0 bridgehead atoms. The number of aliphatic carboxylic acids is 3. The van der Waals surface area contributed by atoms with Crippen LogP contribution in [0.2, 0.25) is 0 Å². The number of amides is 4. The van der Waals surface area contributed by atoms with Crippen molar-refractivity contribution in [3.8, 4) is 0 Å². The van der Waals surface area contributed by atoms with Gasteiger partial charge in [-0.1, -0.05) is 13.8 Å². The van der Waals surface area contributed by atoms with Gasteiger partial charge >= 0.3 is 17.9 Å². The fourth-order valence-corrected chi connectivity index (χ4v) is 2.89. The first kappa shape index (κ1) is 31.2. The van der Waals surface area contributed by atoms with E-state index in [9.17, 15) is 38.7 Å². The molecule has 15 nitrogen and oxygen atoms in total. The Hall–Kier alpha value is -3.75. The van der Waals surface area contributed by atoms with Gasteiger partial charge in [0.05, 0.1) is 12.5 Å². The Balaban J connectivity index is 5.65. The molecule has 0 aromatic heterocycles. The van der Waals surface area contributed by atoms with E-state index in [1.54, 1.807) is 13.8 Å². The van der Waals surface area contributed by atoms with Gasteiger partial charge in [0.15, 0.2) is 0 Å². The molecule has 198 valence electrons. The number of rotatable bonds is 17. The molecule has 0 rings (SSSR count). The Morgan fingerprint density at radius 1 is 0.714 bits per heavy atom. The van der Waals surface area contributed by atoms with Crippen LogP contribution in [-0.2, 0) is 33.6 Å². The lowest BCUT2D eigenvalue weighted by Crippen LogP contribution is -2.57. The van der Waals surface area contributed by atoms with E-state index < -0.39 is 85.0 Å². The standard InChI is InChI=1S/C20H33N5O10/c1-9(2)7-13(20(34)35)25-19(33)11(3-5-14(22)26)24-18(32)12(4-6-15(27)28)23-17(31)10(21)8-16(29)30/h9-13H,3-8,21H2,1-2H3,(H2,22,26)(H,23,31)(H,24,32)(H,25,33)(H,27,28)(H,29,30)(H,34,35). The average Bonchev–Trinajstić information content (AvgIpc) is 2.71. The largest absolute Gasteiger partial charge is 0.481 e. The van der Waals surface area contributed by atoms with Crippen LogP contribution < -0.4 is 27.4 Å². The number of nitrogens with two attached hydrogens (primary N) is 2. The molecule has 0 aliphatic rings. The number of hydrogen-bond donors (Lipinski definition) is 8. The fourth-order valence-electron chi connectivity index (χ4n) is 2.89. The summed E-state index contributed by atoms with van der Waals surface area (Å²) in [5.74, 6) is -7.89. The number of carboxylic acid groups (broad SMARTS) is 3. The van der Waals surface area contributed by atoms with E-state index in [0.717, 1.165) is 0 Å². The Morgan fingerprint density at radius 3 is 1.57 bits per heavy atom. The summed E-state index contributed by atoms with van der Waals surface area (Å²) in [7, 11) is 0. The van der Waals surface area contributed by atoms with Gasteiger partial charge in [-0.25, -0.2) is 4.79 Å². The van der Waals surface area contributed by atoms with Crippen molar-refractivity contribution < 1.29 is 48.9 Å². The molecule has 0 aliphatic carbocycles. The quantitative estimate of drug-likeness (QED) is 0.103. The highest BCUT2D eigenvalue weighted by Gasteiger charge is 2.31. The Bertz CT molecular complexity index is 816. The van der Waals surface area contributed by atoms with Gasteiger partial charge in [-0.05, 0) is 25.2 Å². The predicted octanol–water partition coefficient (Wildman–Crippen LogP) is -2.50. The van der Waals surface area contributed by atoms with E-state index in [2.05, 4.69) is 16.0 Å². The monoisotopic (exact) mass is 503 g/mol. The fraction of sp³-hybridized carbons (Fsp3) is 0.650. The zero-order valence-electron chi connectivity index (χ0n) is 19.5. The molecule has 0 spiro atoms. The lowest BCUT2D eigenvalue weighted by Gasteiger charge is -2.25. The number of primary amides is 1. The summed E-state index contributed by atoms with van der Waals surface area (Å²) in [4.78, 5) is 82.1. The zero-order chi connectivity index (χ0) is 27.3. The average molecular weight is 504 g/mol. The molecule has 15 heteroatoms. The topological polar surface area (TPSA) is 268 Å².